The van der Waals surface area contributed by atoms with E-state index in [0.717, 1.165) is 53.6 Å². The van der Waals surface area contributed by atoms with E-state index in [0.29, 0.717) is 30.4 Å². The van der Waals surface area contributed by atoms with Gasteiger partial charge in [-0.3, -0.25) is 14.4 Å². The summed E-state index contributed by atoms with van der Waals surface area (Å²) in [5, 5.41) is 23.0. The molecule has 12 nitrogen and oxygen atoms in total. The van der Waals surface area contributed by atoms with Crippen LogP contribution < -0.4 is 21.7 Å². The molecule has 3 amide bonds. The summed E-state index contributed by atoms with van der Waals surface area (Å²) in [6.07, 6.45) is 3.66. The Labute approximate surface area is 280 Å². The second-order valence-electron chi connectivity index (χ2n) is 12.0. The van der Waals surface area contributed by atoms with Gasteiger partial charge in [0.25, 0.3) is 0 Å². The summed E-state index contributed by atoms with van der Waals surface area (Å²) in [7, 11) is 3.70. The Kier molecular flexibility index (Phi) is 12.6. The van der Waals surface area contributed by atoms with Crippen LogP contribution in [0.25, 0.3) is 22.5 Å². The van der Waals surface area contributed by atoms with Gasteiger partial charge in [0.15, 0.2) is 0 Å². The highest BCUT2D eigenvalue weighted by Gasteiger charge is 2.29. The Bertz CT molecular complexity index is 1600. The van der Waals surface area contributed by atoms with Crippen LogP contribution in [0, 0.1) is 11.8 Å². The number of halogens is 1. The molecular formula is C34H42ClN9O3. The van der Waals surface area contributed by atoms with Gasteiger partial charge >= 0.3 is 0 Å². The van der Waals surface area contributed by atoms with Crippen LogP contribution in [-0.2, 0) is 20.8 Å². The van der Waals surface area contributed by atoms with E-state index < -0.39 is 6.04 Å². The van der Waals surface area contributed by atoms with Crippen molar-refractivity contribution in [1.29, 1.82) is 0 Å². The fourth-order valence-corrected chi connectivity index (χ4v) is 5.75. The third-order valence-corrected chi connectivity index (χ3v) is 8.31. The van der Waals surface area contributed by atoms with Crippen LogP contribution in [0.5, 0.6) is 0 Å². The first-order valence-corrected chi connectivity index (χ1v) is 15.6. The maximum Gasteiger partial charge on any atom is 0.247 e. The summed E-state index contributed by atoms with van der Waals surface area (Å²) in [5.74, 6) is 0.239. The lowest BCUT2D eigenvalue weighted by molar-refractivity contribution is -0.130. The number of para-hydroxylation sites is 1. The number of nitrogens with one attached hydrogen (secondary N) is 4. The van der Waals surface area contributed by atoms with E-state index in [9.17, 15) is 14.4 Å². The van der Waals surface area contributed by atoms with Crippen LogP contribution in [0.4, 0.5) is 11.4 Å². The zero-order valence-electron chi connectivity index (χ0n) is 26.6. The number of tetrazole rings is 1. The van der Waals surface area contributed by atoms with Crippen LogP contribution in [0.2, 0.25) is 0 Å². The number of amides is 3. The summed E-state index contributed by atoms with van der Waals surface area (Å²) in [4.78, 5) is 41.3. The van der Waals surface area contributed by atoms with Crippen molar-refractivity contribution in [3.63, 3.8) is 0 Å². The van der Waals surface area contributed by atoms with Gasteiger partial charge < -0.3 is 26.6 Å². The van der Waals surface area contributed by atoms with Crippen molar-refractivity contribution < 1.29 is 14.4 Å². The van der Waals surface area contributed by atoms with Crippen molar-refractivity contribution in [2.45, 2.75) is 38.1 Å². The molecule has 1 atom stereocenters. The standard InChI is InChI=1S/C34H41N9O3.ClH/c1-43(2)21-31(44)37-29-6-4-3-5-28(29)24-11-7-22(8-12-24)19-30(38-33(45)26-13-9-23(20-35)10-14-26)34(46)36-27-17-15-25(16-18-27)32-39-41-42-40-32;/h3-8,11-12,15-18,23,26,30H,9-10,13-14,19-21,35H2,1-2H3,(H,36,46)(H,37,44)(H,38,45)(H,39,40,41,42);1H/t23-,26-,30-;/m0./s1. The minimum absolute atomic E-state index is 0. The van der Waals surface area contributed by atoms with E-state index in [1.54, 1.807) is 24.3 Å². The van der Waals surface area contributed by atoms with Crippen LogP contribution in [0.15, 0.2) is 72.8 Å². The highest BCUT2D eigenvalue weighted by Crippen LogP contribution is 2.30. The first-order valence-electron chi connectivity index (χ1n) is 15.6. The maximum absolute atomic E-state index is 13.6. The van der Waals surface area contributed by atoms with Gasteiger partial charge in [-0.15, -0.1) is 22.6 Å². The average Bonchev–Trinajstić information content (AvgIpc) is 3.60. The van der Waals surface area contributed by atoms with E-state index in [2.05, 4.69) is 36.6 Å². The number of aromatic nitrogens is 4. The molecule has 0 spiro atoms. The molecule has 1 fully saturated rings. The van der Waals surface area contributed by atoms with Crippen LogP contribution >= 0.6 is 12.4 Å². The second kappa shape index (κ2) is 16.8. The molecule has 0 aliphatic heterocycles. The van der Waals surface area contributed by atoms with Gasteiger partial charge in [-0.1, -0.05) is 42.5 Å². The average molecular weight is 660 g/mol. The number of likely N-dealkylation sites (N-methyl/N-ethyl adjacent to an activating group) is 1. The van der Waals surface area contributed by atoms with Gasteiger partial charge in [-0.25, -0.2) is 0 Å². The van der Waals surface area contributed by atoms with Crippen molar-refractivity contribution in [2.24, 2.45) is 17.6 Å². The highest BCUT2D eigenvalue weighted by molar-refractivity contribution is 5.98. The molecule has 0 saturated heterocycles. The van der Waals surface area contributed by atoms with Crippen molar-refractivity contribution in [2.75, 3.05) is 37.8 Å². The Balaban J connectivity index is 0.00000500. The molecule has 1 aliphatic rings. The zero-order chi connectivity index (χ0) is 32.5. The molecule has 5 rings (SSSR count). The zero-order valence-corrected chi connectivity index (χ0v) is 27.4. The maximum atomic E-state index is 13.6. The Morgan fingerprint density at radius 1 is 0.915 bits per heavy atom. The first kappa shape index (κ1) is 35.2. The van der Waals surface area contributed by atoms with E-state index in [1.807, 2.05) is 67.5 Å². The predicted octanol–water partition coefficient (Wildman–Crippen LogP) is 3.89. The highest BCUT2D eigenvalue weighted by atomic mass is 35.5. The van der Waals surface area contributed by atoms with Gasteiger partial charge in [-0.2, -0.15) is 5.21 Å². The fraction of sp³-hybridized carbons (Fsp3) is 0.353. The molecule has 4 aromatic rings. The summed E-state index contributed by atoms with van der Waals surface area (Å²) < 4.78 is 0. The number of nitrogens with two attached hydrogens (primary N) is 1. The molecule has 1 saturated carbocycles. The topological polar surface area (TPSA) is 171 Å². The van der Waals surface area contributed by atoms with Crippen LogP contribution in [0.1, 0.15) is 31.2 Å². The van der Waals surface area contributed by atoms with Gasteiger partial charge in [0.2, 0.25) is 23.5 Å². The molecule has 3 aromatic carbocycles. The summed E-state index contributed by atoms with van der Waals surface area (Å²) >= 11 is 0. The first-order chi connectivity index (χ1) is 22.3. The Morgan fingerprint density at radius 2 is 1.60 bits per heavy atom. The molecule has 0 bridgehead atoms. The third kappa shape index (κ3) is 9.67. The van der Waals surface area contributed by atoms with E-state index in [-0.39, 0.29) is 42.6 Å². The monoisotopic (exact) mass is 659 g/mol. The molecule has 1 aromatic heterocycles. The smallest absolute Gasteiger partial charge is 0.247 e. The lowest BCUT2D eigenvalue weighted by Crippen LogP contribution is -2.48. The number of H-pyrrole nitrogens is 1. The van der Waals surface area contributed by atoms with Gasteiger partial charge in [0.05, 0.1) is 6.54 Å². The van der Waals surface area contributed by atoms with Crippen LogP contribution in [0.3, 0.4) is 0 Å². The SMILES string of the molecule is CN(C)CC(=O)Nc1ccccc1-c1ccc(C[C@H](NC(=O)[C@H]2CC[C@H](CN)CC2)C(=O)Nc2ccc(-c3nn[nH]n3)cc2)cc1.Cl. The number of carbonyl (C=O) groups is 3. The fourth-order valence-electron chi connectivity index (χ4n) is 5.75. The van der Waals surface area contributed by atoms with Gasteiger partial charge in [-0.05, 0) is 98.9 Å². The number of carbonyl (C=O) groups excluding carboxylic acids is 3. The number of anilines is 2. The number of rotatable bonds is 12. The summed E-state index contributed by atoms with van der Waals surface area (Å²) in [5.41, 5.74) is 10.6. The molecule has 0 unspecified atom stereocenters. The minimum Gasteiger partial charge on any atom is -0.344 e. The lowest BCUT2D eigenvalue weighted by atomic mass is 9.81. The van der Waals surface area contributed by atoms with Crippen molar-refractivity contribution in [3.05, 3.63) is 78.4 Å². The number of aromatic amines is 1. The molecular weight excluding hydrogens is 618 g/mol. The summed E-state index contributed by atoms with van der Waals surface area (Å²) in [6.45, 7) is 0.910. The van der Waals surface area contributed by atoms with Crippen molar-refractivity contribution in [3.8, 4) is 22.5 Å². The molecule has 1 heterocycles. The van der Waals surface area contributed by atoms with Gasteiger partial charge in [0.1, 0.15) is 6.04 Å². The molecule has 1 aliphatic carbocycles. The molecule has 0 radical (unpaired) electrons. The Hall–Kier alpha value is -4.65. The normalized spacial score (nSPS) is 16.5. The van der Waals surface area contributed by atoms with Crippen LogP contribution in [-0.4, -0.2) is 76.5 Å². The third-order valence-electron chi connectivity index (χ3n) is 8.31. The predicted molar refractivity (Wildman–Crippen MR) is 185 cm³/mol. The van der Waals surface area contributed by atoms with Crippen molar-refractivity contribution in [1.82, 2.24) is 30.8 Å². The van der Waals surface area contributed by atoms with Crippen molar-refractivity contribution >= 4 is 41.5 Å². The lowest BCUT2D eigenvalue weighted by Gasteiger charge is -2.28. The van der Waals surface area contributed by atoms with E-state index in [4.69, 9.17) is 5.73 Å². The number of nitrogens with zero attached hydrogens (tertiary/aromatic N) is 4. The number of benzene rings is 3. The van der Waals surface area contributed by atoms with E-state index >= 15 is 0 Å². The molecule has 248 valence electrons. The minimum atomic E-state index is -0.792. The summed E-state index contributed by atoms with van der Waals surface area (Å²) in [6, 6.07) is 21.8. The second-order valence-corrected chi connectivity index (χ2v) is 12.0. The molecule has 13 heteroatoms. The Morgan fingerprint density at radius 3 is 2.23 bits per heavy atom. The van der Waals surface area contributed by atoms with Gasteiger partial charge in [0, 0.05) is 34.8 Å². The number of hydrogen-bond donors (Lipinski definition) is 5. The van der Waals surface area contributed by atoms with E-state index in [1.165, 1.54) is 0 Å². The molecule has 6 N–H and O–H groups in total. The largest absolute Gasteiger partial charge is 0.344 e. The quantitative estimate of drug-likeness (QED) is 0.152. The molecule has 47 heavy (non-hydrogen) atoms. The number of hydrogen-bond acceptors (Lipinski definition) is 8.